The SMILES string of the molecule is Cn1nc(COc2cc(F)c(Br)cc2N)c2ccccc21. The molecular formula is C15H13BrFN3O. The summed E-state index contributed by atoms with van der Waals surface area (Å²) in [6.07, 6.45) is 0. The summed E-state index contributed by atoms with van der Waals surface area (Å²) in [6, 6.07) is 10.6. The Kier molecular flexibility index (Phi) is 3.55. The number of para-hydroxylation sites is 1. The van der Waals surface area contributed by atoms with Gasteiger partial charge in [0.25, 0.3) is 0 Å². The molecule has 3 rings (SSSR count). The summed E-state index contributed by atoms with van der Waals surface area (Å²) in [4.78, 5) is 0. The van der Waals surface area contributed by atoms with Crippen molar-refractivity contribution in [2.75, 3.05) is 5.73 Å². The number of halogens is 2. The van der Waals surface area contributed by atoms with Crippen molar-refractivity contribution in [3.8, 4) is 5.75 Å². The smallest absolute Gasteiger partial charge is 0.145 e. The number of benzene rings is 2. The number of rotatable bonds is 3. The number of nitrogens with two attached hydrogens (primary N) is 1. The molecule has 0 aliphatic carbocycles. The van der Waals surface area contributed by atoms with Gasteiger partial charge in [-0.1, -0.05) is 18.2 Å². The van der Waals surface area contributed by atoms with E-state index in [2.05, 4.69) is 21.0 Å². The number of hydrogen-bond donors (Lipinski definition) is 1. The fraction of sp³-hybridized carbons (Fsp3) is 0.133. The van der Waals surface area contributed by atoms with Gasteiger partial charge in [-0.3, -0.25) is 4.68 Å². The third-order valence-corrected chi connectivity index (χ3v) is 3.86. The summed E-state index contributed by atoms with van der Waals surface area (Å²) in [7, 11) is 1.87. The van der Waals surface area contributed by atoms with Gasteiger partial charge < -0.3 is 10.5 Å². The standard InChI is InChI=1S/C15H13BrFN3O/c1-20-14-5-3-2-4-9(14)13(19-20)8-21-15-7-11(17)10(16)6-12(15)18/h2-7H,8,18H2,1H3. The number of aromatic nitrogens is 2. The van der Waals surface area contributed by atoms with Gasteiger partial charge in [0.15, 0.2) is 0 Å². The lowest BCUT2D eigenvalue weighted by Crippen LogP contribution is -2.01. The van der Waals surface area contributed by atoms with Crippen LogP contribution in [-0.2, 0) is 13.7 Å². The van der Waals surface area contributed by atoms with Gasteiger partial charge >= 0.3 is 0 Å². The number of hydrogen-bond acceptors (Lipinski definition) is 3. The second kappa shape index (κ2) is 5.37. The minimum atomic E-state index is -0.412. The van der Waals surface area contributed by atoms with Crippen molar-refractivity contribution in [1.29, 1.82) is 0 Å². The van der Waals surface area contributed by atoms with Gasteiger partial charge in [-0.2, -0.15) is 5.10 Å². The van der Waals surface area contributed by atoms with Gasteiger partial charge in [-0.25, -0.2) is 4.39 Å². The highest BCUT2D eigenvalue weighted by Gasteiger charge is 2.11. The molecule has 0 radical (unpaired) electrons. The number of fused-ring (bicyclic) bond motifs is 1. The lowest BCUT2D eigenvalue weighted by Gasteiger charge is -2.08. The predicted octanol–water partition coefficient (Wildman–Crippen LogP) is 3.64. The minimum absolute atomic E-state index is 0.229. The Balaban J connectivity index is 1.89. The number of nitrogen functional groups attached to an aromatic ring is 1. The molecule has 1 heterocycles. The largest absolute Gasteiger partial charge is 0.485 e. The molecule has 0 unspecified atom stereocenters. The quantitative estimate of drug-likeness (QED) is 0.734. The molecule has 0 atom stereocenters. The van der Waals surface area contributed by atoms with Crippen LogP contribution >= 0.6 is 15.9 Å². The first-order valence-corrected chi connectivity index (χ1v) is 7.13. The van der Waals surface area contributed by atoms with Crippen molar-refractivity contribution in [3.05, 3.63) is 52.4 Å². The van der Waals surface area contributed by atoms with E-state index in [1.807, 2.05) is 31.3 Å². The van der Waals surface area contributed by atoms with Crippen LogP contribution in [0.1, 0.15) is 5.69 Å². The molecule has 0 bridgehead atoms. The maximum absolute atomic E-state index is 13.5. The molecule has 0 saturated carbocycles. The van der Waals surface area contributed by atoms with Crippen LogP contribution in [-0.4, -0.2) is 9.78 Å². The van der Waals surface area contributed by atoms with Crippen LogP contribution in [0.15, 0.2) is 40.9 Å². The van der Waals surface area contributed by atoms with E-state index < -0.39 is 5.82 Å². The second-order valence-corrected chi connectivity index (χ2v) is 5.53. The van der Waals surface area contributed by atoms with Gasteiger partial charge in [-0.15, -0.1) is 0 Å². The highest BCUT2D eigenvalue weighted by molar-refractivity contribution is 9.10. The molecule has 0 saturated heterocycles. The molecular weight excluding hydrogens is 337 g/mol. The summed E-state index contributed by atoms with van der Waals surface area (Å²) in [6.45, 7) is 0.229. The summed E-state index contributed by atoms with van der Waals surface area (Å²) in [5.41, 5.74) is 8.01. The van der Waals surface area contributed by atoms with Crippen LogP contribution in [0.2, 0.25) is 0 Å². The monoisotopic (exact) mass is 349 g/mol. The fourth-order valence-electron chi connectivity index (χ4n) is 2.21. The van der Waals surface area contributed by atoms with Crippen LogP contribution in [0.25, 0.3) is 10.9 Å². The summed E-state index contributed by atoms with van der Waals surface area (Å²) < 4.78 is 21.3. The molecule has 21 heavy (non-hydrogen) atoms. The molecule has 0 aliphatic rings. The average molecular weight is 350 g/mol. The molecule has 1 aromatic heterocycles. The maximum atomic E-state index is 13.5. The molecule has 0 aliphatic heterocycles. The molecule has 3 aromatic rings. The topological polar surface area (TPSA) is 53.1 Å². The van der Waals surface area contributed by atoms with Crippen LogP contribution in [0.4, 0.5) is 10.1 Å². The van der Waals surface area contributed by atoms with Gasteiger partial charge in [-0.05, 0) is 28.1 Å². The molecule has 108 valence electrons. The van der Waals surface area contributed by atoms with Gasteiger partial charge in [0.05, 0.1) is 15.7 Å². The summed E-state index contributed by atoms with van der Waals surface area (Å²) in [5.74, 6) is -0.101. The van der Waals surface area contributed by atoms with Gasteiger partial charge in [0.1, 0.15) is 23.9 Å². The van der Waals surface area contributed by atoms with Gasteiger partial charge in [0.2, 0.25) is 0 Å². The summed E-state index contributed by atoms with van der Waals surface area (Å²) in [5, 5.41) is 5.43. The Bertz CT molecular complexity index is 816. The van der Waals surface area contributed by atoms with Crippen molar-refractivity contribution >= 4 is 32.5 Å². The Morgan fingerprint density at radius 3 is 2.90 bits per heavy atom. The van der Waals surface area contributed by atoms with Crippen LogP contribution in [0, 0.1) is 5.82 Å². The fourth-order valence-corrected chi connectivity index (χ4v) is 2.57. The Morgan fingerprint density at radius 2 is 2.10 bits per heavy atom. The maximum Gasteiger partial charge on any atom is 0.145 e. The Hall–Kier alpha value is -2.08. The first-order valence-electron chi connectivity index (χ1n) is 6.34. The first-order chi connectivity index (χ1) is 10.1. The first kappa shape index (κ1) is 13.9. The highest BCUT2D eigenvalue weighted by Crippen LogP contribution is 2.29. The normalized spacial score (nSPS) is 11.0. The zero-order valence-corrected chi connectivity index (χ0v) is 12.9. The van der Waals surface area contributed by atoms with Gasteiger partial charge in [0, 0.05) is 18.5 Å². The van der Waals surface area contributed by atoms with Crippen molar-refractivity contribution in [2.45, 2.75) is 6.61 Å². The zero-order chi connectivity index (χ0) is 15.0. The molecule has 0 fully saturated rings. The third kappa shape index (κ3) is 2.58. The predicted molar refractivity (Wildman–Crippen MR) is 83.6 cm³/mol. The van der Waals surface area contributed by atoms with Crippen LogP contribution in [0.5, 0.6) is 5.75 Å². The third-order valence-electron chi connectivity index (χ3n) is 3.25. The number of aryl methyl sites for hydroxylation is 1. The van der Waals surface area contributed by atoms with Crippen LogP contribution < -0.4 is 10.5 Å². The zero-order valence-electron chi connectivity index (χ0n) is 11.3. The van der Waals surface area contributed by atoms with E-state index in [0.29, 0.717) is 15.9 Å². The van der Waals surface area contributed by atoms with E-state index in [4.69, 9.17) is 10.5 Å². The van der Waals surface area contributed by atoms with E-state index in [0.717, 1.165) is 16.6 Å². The minimum Gasteiger partial charge on any atom is -0.485 e. The molecule has 2 N–H and O–H groups in total. The molecule has 0 spiro atoms. The molecule has 0 amide bonds. The molecule has 6 heteroatoms. The average Bonchev–Trinajstić information content (AvgIpc) is 2.79. The lowest BCUT2D eigenvalue weighted by molar-refractivity contribution is 0.301. The van der Waals surface area contributed by atoms with Crippen LogP contribution in [0.3, 0.4) is 0 Å². The Labute approximate surface area is 129 Å². The second-order valence-electron chi connectivity index (χ2n) is 4.68. The van der Waals surface area contributed by atoms with Crippen molar-refractivity contribution in [1.82, 2.24) is 9.78 Å². The number of nitrogens with zero attached hydrogens (tertiary/aromatic N) is 2. The lowest BCUT2D eigenvalue weighted by atomic mass is 10.2. The molecule has 2 aromatic carbocycles. The van der Waals surface area contributed by atoms with E-state index >= 15 is 0 Å². The summed E-state index contributed by atoms with van der Waals surface area (Å²) >= 11 is 3.09. The van der Waals surface area contributed by atoms with Crippen molar-refractivity contribution < 1.29 is 9.13 Å². The Morgan fingerprint density at radius 1 is 1.33 bits per heavy atom. The van der Waals surface area contributed by atoms with Crippen molar-refractivity contribution in [2.24, 2.45) is 7.05 Å². The van der Waals surface area contributed by atoms with E-state index in [9.17, 15) is 4.39 Å². The number of anilines is 1. The van der Waals surface area contributed by atoms with Crippen molar-refractivity contribution in [3.63, 3.8) is 0 Å². The molecule has 4 nitrogen and oxygen atoms in total. The van der Waals surface area contributed by atoms with E-state index in [-0.39, 0.29) is 6.61 Å². The van der Waals surface area contributed by atoms with E-state index in [1.54, 1.807) is 4.68 Å². The highest BCUT2D eigenvalue weighted by atomic mass is 79.9. The van der Waals surface area contributed by atoms with E-state index in [1.165, 1.54) is 12.1 Å². The number of ether oxygens (including phenoxy) is 1.